The molecule has 0 aliphatic carbocycles. The largest absolute Gasteiger partial charge is 0.439 e. The first-order valence-corrected chi connectivity index (χ1v) is 13.3. The van der Waals surface area contributed by atoms with Gasteiger partial charge >= 0.3 is 5.76 Å². The normalized spacial score (nSPS) is 11.2. The molecule has 0 spiro atoms. The van der Waals surface area contributed by atoms with Crippen molar-refractivity contribution in [3.63, 3.8) is 0 Å². The third-order valence-electron chi connectivity index (χ3n) is 7.16. The van der Waals surface area contributed by atoms with E-state index in [1.807, 2.05) is 67.6 Å². The van der Waals surface area contributed by atoms with E-state index in [1.165, 1.54) is 0 Å². The van der Waals surface area contributed by atoms with Crippen LogP contribution in [0.1, 0.15) is 53.5 Å². The lowest BCUT2D eigenvalue weighted by Crippen LogP contribution is -2.30. The first kappa shape index (κ1) is 26.1. The van der Waals surface area contributed by atoms with Crippen molar-refractivity contribution in [1.29, 1.82) is 0 Å². The summed E-state index contributed by atoms with van der Waals surface area (Å²) in [6.45, 7) is 6.65. The molecule has 0 unspecified atom stereocenters. The fourth-order valence-corrected chi connectivity index (χ4v) is 4.92. The lowest BCUT2D eigenvalue weighted by atomic mass is 9.96. The summed E-state index contributed by atoms with van der Waals surface area (Å²) in [5, 5.41) is 3.85. The SMILES string of the molecule is CCCCc1nc(C)n(Cc2ccccc2C)c(=O)c1Cc1ccc(-c2ccccc2-c2noc(=O)[nH]2)cc1. The molecule has 0 aliphatic heterocycles. The van der Waals surface area contributed by atoms with Gasteiger partial charge in [0.05, 0.1) is 12.2 Å². The maximum atomic E-state index is 13.9. The molecule has 2 aromatic heterocycles. The van der Waals surface area contributed by atoms with E-state index >= 15 is 0 Å². The Morgan fingerprint density at radius 2 is 1.62 bits per heavy atom. The van der Waals surface area contributed by atoms with Gasteiger partial charge in [0.25, 0.3) is 5.56 Å². The number of hydrogen-bond acceptors (Lipinski definition) is 5. The van der Waals surface area contributed by atoms with Gasteiger partial charge in [0, 0.05) is 17.5 Å². The van der Waals surface area contributed by atoms with Gasteiger partial charge in [0.15, 0.2) is 5.82 Å². The van der Waals surface area contributed by atoms with Gasteiger partial charge in [-0.1, -0.05) is 91.3 Å². The molecule has 39 heavy (non-hydrogen) atoms. The standard InChI is InChI=1S/C32H32N4O3/c1-4-5-14-29-28(31(37)36(22(3)33-29)20-25-11-7-6-10-21(25)2)19-23-15-17-24(18-16-23)26-12-8-9-13-27(26)30-34-32(38)39-35-30/h6-13,15-18H,4-5,14,19-20H2,1-3H3,(H,34,35,38). The van der Waals surface area contributed by atoms with Crippen LogP contribution in [-0.2, 0) is 19.4 Å². The topological polar surface area (TPSA) is 93.8 Å². The smallest absolute Gasteiger partial charge is 0.296 e. The van der Waals surface area contributed by atoms with Crippen LogP contribution in [0, 0.1) is 13.8 Å². The van der Waals surface area contributed by atoms with Crippen LogP contribution < -0.4 is 11.3 Å². The molecule has 5 rings (SSSR count). The molecule has 2 heterocycles. The maximum Gasteiger partial charge on any atom is 0.439 e. The van der Waals surface area contributed by atoms with Gasteiger partial charge in [0.1, 0.15) is 5.82 Å². The molecular formula is C32H32N4O3. The molecule has 3 aromatic carbocycles. The summed E-state index contributed by atoms with van der Waals surface area (Å²) in [7, 11) is 0. The number of aromatic nitrogens is 4. The van der Waals surface area contributed by atoms with Crippen molar-refractivity contribution >= 4 is 0 Å². The Morgan fingerprint density at radius 3 is 2.31 bits per heavy atom. The van der Waals surface area contributed by atoms with Crippen LogP contribution in [0.5, 0.6) is 0 Å². The van der Waals surface area contributed by atoms with Crippen molar-refractivity contribution in [1.82, 2.24) is 19.7 Å². The molecule has 198 valence electrons. The predicted octanol–water partition coefficient (Wildman–Crippen LogP) is 5.85. The number of benzene rings is 3. The van der Waals surface area contributed by atoms with Crippen LogP contribution in [0.25, 0.3) is 22.5 Å². The Balaban J connectivity index is 1.49. The number of rotatable bonds is 9. The summed E-state index contributed by atoms with van der Waals surface area (Å²) in [6.07, 6.45) is 3.32. The molecule has 0 saturated carbocycles. The highest BCUT2D eigenvalue weighted by Gasteiger charge is 2.17. The summed E-state index contributed by atoms with van der Waals surface area (Å²) in [5.74, 6) is 0.546. The van der Waals surface area contributed by atoms with Crippen molar-refractivity contribution < 1.29 is 4.52 Å². The third-order valence-corrected chi connectivity index (χ3v) is 7.16. The number of nitrogens with one attached hydrogen (secondary N) is 1. The van der Waals surface area contributed by atoms with E-state index in [1.54, 1.807) is 4.57 Å². The van der Waals surface area contributed by atoms with Crippen LogP contribution in [0.4, 0.5) is 0 Å². The number of aryl methyl sites for hydroxylation is 3. The molecule has 7 nitrogen and oxygen atoms in total. The average Bonchev–Trinajstić information content (AvgIpc) is 3.39. The van der Waals surface area contributed by atoms with E-state index in [0.717, 1.165) is 69.7 Å². The Labute approximate surface area is 227 Å². The molecule has 0 fully saturated rings. The molecule has 0 atom stereocenters. The second-order valence-corrected chi connectivity index (χ2v) is 9.87. The molecule has 5 aromatic rings. The minimum absolute atomic E-state index is 0.0289. The average molecular weight is 521 g/mol. The zero-order chi connectivity index (χ0) is 27.4. The summed E-state index contributed by atoms with van der Waals surface area (Å²) in [6, 6.07) is 24.0. The number of unbranched alkanes of at least 4 members (excludes halogenated alkanes) is 1. The molecule has 0 radical (unpaired) electrons. The highest BCUT2D eigenvalue weighted by Crippen LogP contribution is 2.30. The van der Waals surface area contributed by atoms with Gasteiger partial charge in [-0.05, 0) is 54.5 Å². The maximum absolute atomic E-state index is 13.9. The van der Waals surface area contributed by atoms with Gasteiger partial charge in [-0.2, -0.15) is 0 Å². The Bertz CT molecular complexity index is 1710. The highest BCUT2D eigenvalue weighted by molar-refractivity contribution is 5.80. The summed E-state index contributed by atoms with van der Waals surface area (Å²) in [5.41, 5.74) is 7.67. The van der Waals surface area contributed by atoms with Crippen molar-refractivity contribution in [2.24, 2.45) is 0 Å². The van der Waals surface area contributed by atoms with E-state index in [2.05, 4.69) is 36.1 Å². The molecule has 0 aliphatic rings. The summed E-state index contributed by atoms with van der Waals surface area (Å²) in [4.78, 5) is 32.9. The van der Waals surface area contributed by atoms with Crippen LogP contribution >= 0.6 is 0 Å². The van der Waals surface area contributed by atoms with Crippen molar-refractivity contribution in [2.75, 3.05) is 0 Å². The quantitative estimate of drug-likeness (QED) is 0.263. The monoisotopic (exact) mass is 520 g/mol. The van der Waals surface area contributed by atoms with Gasteiger partial charge in [0.2, 0.25) is 0 Å². The third kappa shape index (κ3) is 5.67. The Kier molecular flexibility index (Phi) is 7.68. The number of hydrogen-bond donors (Lipinski definition) is 1. The van der Waals surface area contributed by atoms with Gasteiger partial charge in [-0.3, -0.25) is 18.9 Å². The Hall–Kier alpha value is -4.52. The zero-order valence-corrected chi connectivity index (χ0v) is 22.5. The fourth-order valence-electron chi connectivity index (χ4n) is 4.92. The van der Waals surface area contributed by atoms with Crippen molar-refractivity contribution in [2.45, 2.75) is 53.0 Å². The van der Waals surface area contributed by atoms with E-state index in [4.69, 9.17) is 9.51 Å². The minimum Gasteiger partial charge on any atom is -0.296 e. The number of H-pyrrole nitrogens is 1. The molecular weight excluding hydrogens is 488 g/mol. The first-order valence-electron chi connectivity index (χ1n) is 13.3. The second kappa shape index (κ2) is 11.5. The van der Waals surface area contributed by atoms with E-state index in [9.17, 15) is 9.59 Å². The molecule has 0 amide bonds. The van der Waals surface area contributed by atoms with Gasteiger partial charge in [-0.25, -0.2) is 9.78 Å². The fraction of sp³-hybridized carbons (Fsp3) is 0.250. The molecule has 0 saturated heterocycles. The summed E-state index contributed by atoms with van der Waals surface area (Å²) < 4.78 is 6.51. The van der Waals surface area contributed by atoms with Crippen LogP contribution in [-0.4, -0.2) is 19.7 Å². The lowest BCUT2D eigenvalue weighted by Gasteiger charge is -2.17. The minimum atomic E-state index is -0.589. The molecule has 0 bridgehead atoms. The number of nitrogens with zero attached hydrogens (tertiary/aromatic N) is 3. The van der Waals surface area contributed by atoms with E-state index in [-0.39, 0.29) is 5.56 Å². The predicted molar refractivity (Wildman–Crippen MR) is 153 cm³/mol. The van der Waals surface area contributed by atoms with E-state index < -0.39 is 5.76 Å². The highest BCUT2D eigenvalue weighted by atomic mass is 16.5. The van der Waals surface area contributed by atoms with Gasteiger partial charge in [-0.15, -0.1) is 0 Å². The second-order valence-electron chi connectivity index (χ2n) is 9.87. The van der Waals surface area contributed by atoms with Crippen LogP contribution in [0.2, 0.25) is 0 Å². The van der Waals surface area contributed by atoms with Gasteiger partial charge < -0.3 is 0 Å². The van der Waals surface area contributed by atoms with Crippen LogP contribution in [0.3, 0.4) is 0 Å². The molecule has 1 N–H and O–H groups in total. The summed E-state index contributed by atoms with van der Waals surface area (Å²) >= 11 is 0. The van der Waals surface area contributed by atoms with Crippen LogP contribution in [0.15, 0.2) is 86.9 Å². The van der Waals surface area contributed by atoms with Crippen molar-refractivity contribution in [3.8, 4) is 22.5 Å². The molecule has 7 heteroatoms. The Morgan fingerprint density at radius 1 is 0.897 bits per heavy atom. The van der Waals surface area contributed by atoms with Crippen molar-refractivity contribution in [3.05, 3.63) is 127 Å². The zero-order valence-electron chi connectivity index (χ0n) is 22.5. The number of aromatic amines is 1. The lowest BCUT2D eigenvalue weighted by molar-refractivity contribution is 0.388. The van der Waals surface area contributed by atoms with E-state index in [0.29, 0.717) is 18.8 Å². The first-order chi connectivity index (χ1) is 18.9.